The predicted octanol–water partition coefficient (Wildman–Crippen LogP) is 1.73. The summed E-state index contributed by atoms with van der Waals surface area (Å²) in [6.07, 6.45) is -1.61. The molecule has 3 aliphatic carbocycles. The van der Waals surface area contributed by atoms with E-state index in [1.807, 2.05) is 0 Å². The Balaban J connectivity index is 2.05. The summed E-state index contributed by atoms with van der Waals surface area (Å²) in [4.78, 5) is 51.5. The molecular formula is C26H28O10. The fourth-order valence-corrected chi connectivity index (χ4v) is 6.23. The summed E-state index contributed by atoms with van der Waals surface area (Å²) in [6, 6.07) is 2.74. The molecule has 0 spiro atoms. The van der Waals surface area contributed by atoms with E-state index in [1.54, 1.807) is 20.8 Å². The number of aromatic hydroxyl groups is 1. The van der Waals surface area contributed by atoms with Crippen LogP contribution in [0, 0.1) is 23.7 Å². The summed E-state index contributed by atoms with van der Waals surface area (Å²) in [6.45, 7) is 5.91. The number of carbonyl (C=O) groups excluding carboxylic acids is 4. The molecule has 3 aliphatic rings. The summed E-state index contributed by atoms with van der Waals surface area (Å²) in [5.41, 5.74) is -4.30. The molecule has 0 aromatic heterocycles. The smallest absolute Gasteiger partial charge is 0.341 e. The molecule has 0 amide bonds. The first kappa shape index (κ1) is 25.6. The van der Waals surface area contributed by atoms with Crippen LogP contribution in [0.4, 0.5) is 0 Å². The van der Waals surface area contributed by atoms with Gasteiger partial charge in [0.05, 0.1) is 18.8 Å². The van der Waals surface area contributed by atoms with Crippen molar-refractivity contribution in [3.05, 3.63) is 45.7 Å². The van der Waals surface area contributed by atoms with Crippen molar-refractivity contribution < 1.29 is 49.4 Å². The van der Waals surface area contributed by atoms with E-state index >= 15 is 0 Å². The van der Waals surface area contributed by atoms with E-state index in [2.05, 4.69) is 4.74 Å². The molecule has 1 saturated carbocycles. The van der Waals surface area contributed by atoms with Gasteiger partial charge in [-0.05, 0) is 30.4 Å². The Morgan fingerprint density at radius 1 is 1.11 bits per heavy atom. The van der Waals surface area contributed by atoms with Crippen LogP contribution in [0.15, 0.2) is 29.0 Å². The highest BCUT2D eigenvalue weighted by Crippen LogP contribution is 2.57. The highest BCUT2D eigenvalue weighted by molar-refractivity contribution is 6.24. The number of rotatable bonds is 3. The molecule has 0 heterocycles. The zero-order chi connectivity index (χ0) is 27.0. The number of phenolic OH excluding ortho intramolecular Hbond substituents is 1. The predicted molar refractivity (Wildman–Crippen MR) is 124 cm³/mol. The van der Waals surface area contributed by atoms with Crippen LogP contribution in [0.2, 0.25) is 0 Å². The van der Waals surface area contributed by atoms with Crippen LogP contribution in [0.25, 0.3) is 5.76 Å². The first-order chi connectivity index (χ1) is 16.7. The van der Waals surface area contributed by atoms with Crippen LogP contribution in [0.3, 0.4) is 0 Å². The second kappa shape index (κ2) is 8.28. The summed E-state index contributed by atoms with van der Waals surface area (Å²) >= 11 is 0. The van der Waals surface area contributed by atoms with Crippen molar-refractivity contribution in [2.45, 2.75) is 45.3 Å². The molecule has 0 bridgehead atoms. The number of fused-ring (bicyclic) bond motifs is 3. The molecule has 1 aromatic carbocycles. The minimum Gasteiger partial charge on any atom is -0.508 e. The first-order valence-corrected chi connectivity index (χ1v) is 11.5. The molecule has 3 unspecified atom stereocenters. The number of ether oxygens (including phenoxy) is 1. The topological polar surface area (TPSA) is 179 Å². The number of phenols is 1. The molecule has 1 fully saturated rings. The Labute approximate surface area is 206 Å². The fourth-order valence-electron chi connectivity index (χ4n) is 6.23. The van der Waals surface area contributed by atoms with Gasteiger partial charge in [-0.3, -0.25) is 14.4 Å². The van der Waals surface area contributed by atoms with Gasteiger partial charge in [0, 0.05) is 23.3 Å². The number of ketones is 3. The number of allylic oxidation sites excluding steroid dienone is 1. The van der Waals surface area contributed by atoms with E-state index in [0.29, 0.717) is 5.56 Å². The second-order valence-corrected chi connectivity index (χ2v) is 10.0. The molecule has 0 aliphatic heterocycles. The molecule has 0 saturated heterocycles. The quantitative estimate of drug-likeness (QED) is 0.303. The van der Waals surface area contributed by atoms with Crippen LogP contribution < -0.4 is 0 Å². The number of esters is 1. The van der Waals surface area contributed by atoms with E-state index in [9.17, 15) is 44.7 Å². The Bertz CT molecular complexity index is 1290. The minimum absolute atomic E-state index is 0.248. The van der Waals surface area contributed by atoms with E-state index in [0.717, 1.165) is 14.0 Å². The number of aliphatic hydroxyl groups excluding tert-OH is 3. The van der Waals surface area contributed by atoms with Gasteiger partial charge in [-0.25, -0.2) is 4.79 Å². The lowest BCUT2D eigenvalue weighted by Crippen LogP contribution is -2.67. The van der Waals surface area contributed by atoms with Gasteiger partial charge in [0.25, 0.3) is 0 Å². The van der Waals surface area contributed by atoms with Crippen molar-refractivity contribution in [1.29, 1.82) is 0 Å². The van der Waals surface area contributed by atoms with Crippen LogP contribution in [-0.2, 0) is 19.1 Å². The molecule has 1 aromatic rings. The van der Waals surface area contributed by atoms with Crippen molar-refractivity contribution in [1.82, 2.24) is 0 Å². The van der Waals surface area contributed by atoms with Crippen molar-refractivity contribution >= 4 is 29.1 Å². The summed E-state index contributed by atoms with van der Waals surface area (Å²) in [5, 5.41) is 56.2. The van der Waals surface area contributed by atoms with Crippen LogP contribution in [0.5, 0.6) is 5.75 Å². The van der Waals surface area contributed by atoms with E-state index in [1.165, 1.54) is 12.1 Å². The average Bonchev–Trinajstić information content (AvgIpc) is 2.80. The van der Waals surface area contributed by atoms with Crippen LogP contribution in [0.1, 0.15) is 55.1 Å². The Kier molecular flexibility index (Phi) is 5.88. The maximum Gasteiger partial charge on any atom is 0.341 e. The third kappa shape index (κ3) is 3.04. The van der Waals surface area contributed by atoms with E-state index < -0.39 is 93.0 Å². The molecule has 36 heavy (non-hydrogen) atoms. The zero-order valence-corrected chi connectivity index (χ0v) is 20.4. The summed E-state index contributed by atoms with van der Waals surface area (Å²) in [5.74, 6) is -11.4. The standard InChI is InChI=1S/C26H28O10/c1-8(2)13-18-22(31)14-9(3)11-6-7-12(25(34)36-5)19(28)16(11)21(30)17(14)24(33)26(18,35)23(32)15(10(4)27)20(13)29/h6-9,13-14,18,22,28,30-32,35H,1-5H3/t9-,13?,14?,18?,22-,26+/m1/s1. The molecule has 10 nitrogen and oxygen atoms in total. The van der Waals surface area contributed by atoms with Gasteiger partial charge >= 0.3 is 5.97 Å². The van der Waals surface area contributed by atoms with Gasteiger partial charge in [0.15, 0.2) is 17.2 Å². The third-order valence-electron chi connectivity index (χ3n) is 7.88. The van der Waals surface area contributed by atoms with Gasteiger partial charge < -0.3 is 30.3 Å². The van der Waals surface area contributed by atoms with Gasteiger partial charge in [-0.15, -0.1) is 0 Å². The number of benzene rings is 1. The first-order valence-electron chi connectivity index (χ1n) is 11.5. The number of Topliss-reactive ketones (excluding diaryl/α,β-unsaturated/α-hetero) is 3. The number of carbonyl (C=O) groups is 4. The van der Waals surface area contributed by atoms with Crippen molar-refractivity contribution in [2.24, 2.45) is 23.7 Å². The summed E-state index contributed by atoms with van der Waals surface area (Å²) in [7, 11) is 1.10. The molecular weight excluding hydrogens is 472 g/mol. The van der Waals surface area contributed by atoms with Crippen LogP contribution in [-0.4, -0.2) is 67.7 Å². The molecule has 4 rings (SSSR count). The minimum atomic E-state index is -2.88. The lowest BCUT2D eigenvalue weighted by Gasteiger charge is -2.53. The number of methoxy groups -OCH3 is 1. The van der Waals surface area contributed by atoms with Gasteiger partial charge in [0.1, 0.15) is 28.4 Å². The van der Waals surface area contributed by atoms with Crippen molar-refractivity contribution in [3.63, 3.8) is 0 Å². The van der Waals surface area contributed by atoms with Crippen molar-refractivity contribution in [3.8, 4) is 5.75 Å². The maximum atomic E-state index is 13.9. The molecule has 5 N–H and O–H groups in total. The number of hydrogen-bond acceptors (Lipinski definition) is 10. The fraction of sp³-hybridized carbons (Fsp3) is 0.462. The van der Waals surface area contributed by atoms with Gasteiger partial charge in [-0.1, -0.05) is 26.8 Å². The highest BCUT2D eigenvalue weighted by Gasteiger charge is 2.68. The SMILES string of the molecule is COC(=O)c1ccc2c(c1O)C(O)=C1C(=O)[C@@]3(O)C(O)=C(C(C)=O)C(=O)C(C(C)C)C3[C@H](O)C1[C@@H]2C. The van der Waals surface area contributed by atoms with E-state index in [-0.39, 0.29) is 11.1 Å². The lowest BCUT2D eigenvalue weighted by atomic mass is 9.51. The molecule has 0 radical (unpaired) electrons. The van der Waals surface area contributed by atoms with Gasteiger partial charge in [-0.2, -0.15) is 0 Å². The molecule has 192 valence electrons. The third-order valence-corrected chi connectivity index (χ3v) is 7.88. The maximum absolute atomic E-state index is 13.9. The molecule has 10 heteroatoms. The van der Waals surface area contributed by atoms with Crippen molar-refractivity contribution in [2.75, 3.05) is 7.11 Å². The monoisotopic (exact) mass is 500 g/mol. The number of hydrogen-bond donors (Lipinski definition) is 5. The number of aliphatic hydroxyl groups is 4. The Morgan fingerprint density at radius 2 is 1.72 bits per heavy atom. The lowest BCUT2D eigenvalue weighted by molar-refractivity contribution is -0.171. The van der Waals surface area contributed by atoms with Gasteiger partial charge in [0.2, 0.25) is 5.78 Å². The largest absolute Gasteiger partial charge is 0.508 e. The van der Waals surface area contributed by atoms with E-state index in [4.69, 9.17) is 0 Å². The van der Waals surface area contributed by atoms with Crippen LogP contribution >= 0.6 is 0 Å². The average molecular weight is 501 g/mol. The highest BCUT2D eigenvalue weighted by atomic mass is 16.5. The molecule has 6 atom stereocenters. The Hall–Kier alpha value is -3.50. The zero-order valence-electron chi connectivity index (χ0n) is 20.4. The second-order valence-electron chi connectivity index (χ2n) is 10.0. The summed E-state index contributed by atoms with van der Waals surface area (Å²) < 4.78 is 4.65. The normalized spacial score (nSPS) is 31.7. The Morgan fingerprint density at radius 3 is 2.25 bits per heavy atom.